The first-order valence-electron chi connectivity index (χ1n) is 4.75. The molecule has 0 fully saturated rings. The van der Waals surface area contributed by atoms with Gasteiger partial charge >= 0.3 is 0 Å². The fraction of sp³-hybridized carbons (Fsp3) is 0.333. The normalized spacial score (nSPS) is 12.8. The van der Waals surface area contributed by atoms with Gasteiger partial charge in [-0.05, 0) is 24.6 Å². The summed E-state index contributed by atoms with van der Waals surface area (Å²) in [6, 6.07) is 5.60. The summed E-state index contributed by atoms with van der Waals surface area (Å²) in [6.45, 7) is 1.71. The molecule has 0 bridgehead atoms. The van der Waals surface area contributed by atoms with E-state index >= 15 is 0 Å². The predicted octanol–water partition coefficient (Wildman–Crippen LogP) is 2.10. The van der Waals surface area contributed by atoms with Crippen LogP contribution in [-0.2, 0) is 0 Å². The summed E-state index contributed by atoms with van der Waals surface area (Å²) in [5.41, 5.74) is 0.966. The summed E-state index contributed by atoms with van der Waals surface area (Å²) in [7, 11) is 3.20. The number of methoxy groups -OCH3 is 2. The molecule has 0 aliphatic carbocycles. The quantitative estimate of drug-likeness (QED) is 0.823. The van der Waals surface area contributed by atoms with Crippen LogP contribution in [0.1, 0.15) is 12.5 Å². The molecular weight excluding hydrogens is 192 g/mol. The lowest BCUT2D eigenvalue weighted by molar-refractivity contribution is 0.245. The largest absolute Gasteiger partial charge is 0.493 e. The van der Waals surface area contributed by atoms with Crippen molar-refractivity contribution in [2.75, 3.05) is 14.2 Å². The zero-order chi connectivity index (χ0) is 11.3. The van der Waals surface area contributed by atoms with E-state index in [2.05, 4.69) is 0 Å². The van der Waals surface area contributed by atoms with Crippen molar-refractivity contribution in [2.24, 2.45) is 0 Å². The van der Waals surface area contributed by atoms with Gasteiger partial charge in [0.15, 0.2) is 11.5 Å². The molecule has 15 heavy (non-hydrogen) atoms. The highest BCUT2D eigenvalue weighted by Gasteiger charge is 2.02. The predicted molar refractivity (Wildman–Crippen MR) is 60.3 cm³/mol. The van der Waals surface area contributed by atoms with Crippen LogP contribution < -0.4 is 9.47 Å². The second kappa shape index (κ2) is 5.41. The third kappa shape index (κ3) is 3.29. The second-order valence-electron chi connectivity index (χ2n) is 3.21. The molecule has 0 aliphatic rings. The van der Waals surface area contributed by atoms with E-state index in [4.69, 9.17) is 14.6 Å². The Hall–Kier alpha value is -1.48. The highest BCUT2D eigenvalue weighted by Crippen LogP contribution is 2.27. The van der Waals surface area contributed by atoms with Crippen molar-refractivity contribution in [3.8, 4) is 11.5 Å². The minimum absolute atomic E-state index is 0.446. The molecule has 0 saturated heterocycles. The van der Waals surface area contributed by atoms with Crippen LogP contribution in [0.15, 0.2) is 24.3 Å². The van der Waals surface area contributed by atoms with E-state index < -0.39 is 6.10 Å². The lowest BCUT2D eigenvalue weighted by Crippen LogP contribution is -1.92. The van der Waals surface area contributed by atoms with E-state index in [1.54, 1.807) is 27.2 Å². The lowest BCUT2D eigenvalue weighted by Gasteiger charge is -2.07. The van der Waals surface area contributed by atoms with Gasteiger partial charge < -0.3 is 14.6 Å². The standard InChI is InChI=1S/C12H16O3/c1-9(13)4-5-10-6-7-11(14-2)12(8-10)15-3/h4-9,13H,1-3H3/t9-/m0/s1. The van der Waals surface area contributed by atoms with Crippen molar-refractivity contribution in [1.29, 1.82) is 0 Å². The smallest absolute Gasteiger partial charge is 0.161 e. The fourth-order valence-corrected chi connectivity index (χ4v) is 1.21. The fourth-order valence-electron chi connectivity index (χ4n) is 1.21. The van der Waals surface area contributed by atoms with E-state index in [1.165, 1.54) is 0 Å². The van der Waals surface area contributed by atoms with Crippen molar-refractivity contribution in [3.63, 3.8) is 0 Å². The maximum atomic E-state index is 9.10. The molecule has 0 saturated carbocycles. The lowest BCUT2D eigenvalue weighted by atomic mass is 10.1. The molecule has 0 spiro atoms. The molecule has 0 radical (unpaired) electrons. The third-order valence-electron chi connectivity index (χ3n) is 1.97. The minimum Gasteiger partial charge on any atom is -0.493 e. The molecule has 1 atom stereocenters. The van der Waals surface area contributed by atoms with Crippen molar-refractivity contribution in [2.45, 2.75) is 13.0 Å². The van der Waals surface area contributed by atoms with E-state index in [0.717, 1.165) is 5.56 Å². The van der Waals surface area contributed by atoms with Crippen LogP contribution in [0, 0.1) is 0 Å². The SMILES string of the molecule is COc1ccc(C=C[C@H](C)O)cc1OC. The molecule has 1 aromatic carbocycles. The van der Waals surface area contributed by atoms with E-state index in [1.807, 2.05) is 24.3 Å². The molecule has 3 nitrogen and oxygen atoms in total. The van der Waals surface area contributed by atoms with Crippen LogP contribution in [0.5, 0.6) is 11.5 Å². The first kappa shape index (κ1) is 11.6. The van der Waals surface area contributed by atoms with E-state index in [0.29, 0.717) is 11.5 Å². The van der Waals surface area contributed by atoms with Crippen molar-refractivity contribution < 1.29 is 14.6 Å². The molecular formula is C12H16O3. The van der Waals surface area contributed by atoms with E-state index in [-0.39, 0.29) is 0 Å². The van der Waals surface area contributed by atoms with Crippen LogP contribution in [-0.4, -0.2) is 25.4 Å². The monoisotopic (exact) mass is 208 g/mol. The first-order valence-corrected chi connectivity index (χ1v) is 4.75. The van der Waals surface area contributed by atoms with Crippen LogP contribution in [0.25, 0.3) is 6.08 Å². The summed E-state index contributed by atoms with van der Waals surface area (Å²) in [4.78, 5) is 0. The Kier molecular flexibility index (Phi) is 4.18. The molecule has 0 aliphatic heterocycles. The van der Waals surface area contributed by atoms with Crippen molar-refractivity contribution in [1.82, 2.24) is 0 Å². The Bertz CT molecular complexity index is 343. The molecule has 0 unspecified atom stereocenters. The summed E-state index contributed by atoms with van der Waals surface area (Å²) in [6.07, 6.45) is 3.10. The average molecular weight is 208 g/mol. The number of benzene rings is 1. The van der Waals surface area contributed by atoms with Gasteiger partial charge in [0.25, 0.3) is 0 Å². The highest BCUT2D eigenvalue weighted by atomic mass is 16.5. The molecule has 3 heteroatoms. The third-order valence-corrected chi connectivity index (χ3v) is 1.97. The topological polar surface area (TPSA) is 38.7 Å². The molecule has 1 N–H and O–H groups in total. The van der Waals surface area contributed by atoms with E-state index in [9.17, 15) is 0 Å². The van der Waals surface area contributed by atoms with Gasteiger partial charge in [-0.15, -0.1) is 0 Å². The summed E-state index contributed by atoms with van der Waals surface area (Å²) in [5, 5.41) is 9.10. The van der Waals surface area contributed by atoms with Crippen LogP contribution in [0.2, 0.25) is 0 Å². The van der Waals surface area contributed by atoms with Crippen molar-refractivity contribution >= 4 is 6.08 Å². The molecule has 82 valence electrons. The van der Waals surface area contributed by atoms with Crippen LogP contribution >= 0.6 is 0 Å². The summed E-state index contributed by atoms with van der Waals surface area (Å²) < 4.78 is 10.3. The number of hydrogen-bond acceptors (Lipinski definition) is 3. The number of aliphatic hydroxyl groups excluding tert-OH is 1. The second-order valence-corrected chi connectivity index (χ2v) is 3.21. The summed E-state index contributed by atoms with van der Waals surface area (Å²) >= 11 is 0. The molecule has 0 aromatic heterocycles. The summed E-state index contributed by atoms with van der Waals surface area (Å²) in [5.74, 6) is 1.39. The highest BCUT2D eigenvalue weighted by molar-refractivity contribution is 5.56. The van der Waals surface area contributed by atoms with Crippen molar-refractivity contribution in [3.05, 3.63) is 29.8 Å². The van der Waals surface area contributed by atoms with Gasteiger partial charge in [0, 0.05) is 0 Å². The Labute approximate surface area is 90.0 Å². The Morgan fingerprint density at radius 1 is 1.20 bits per heavy atom. The number of aliphatic hydroxyl groups is 1. The zero-order valence-corrected chi connectivity index (χ0v) is 9.23. The first-order chi connectivity index (χ1) is 7.17. The van der Waals surface area contributed by atoms with Gasteiger partial charge in [0.1, 0.15) is 0 Å². The zero-order valence-electron chi connectivity index (χ0n) is 9.23. The Morgan fingerprint density at radius 2 is 1.87 bits per heavy atom. The molecule has 0 heterocycles. The number of ether oxygens (including phenoxy) is 2. The Morgan fingerprint density at radius 3 is 2.40 bits per heavy atom. The van der Waals surface area contributed by atoms with Gasteiger partial charge in [-0.2, -0.15) is 0 Å². The maximum Gasteiger partial charge on any atom is 0.161 e. The van der Waals surface area contributed by atoms with Crippen LogP contribution in [0.4, 0.5) is 0 Å². The molecule has 1 aromatic rings. The van der Waals surface area contributed by atoms with Gasteiger partial charge in [-0.3, -0.25) is 0 Å². The number of rotatable bonds is 4. The average Bonchev–Trinajstić information content (AvgIpc) is 2.25. The van der Waals surface area contributed by atoms with Gasteiger partial charge in [-0.1, -0.05) is 18.2 Å². The Balaban J connectivity index is 2.93. The number of hydrogen-bond donors (Lipinski definition) is 1. The maximum absolute atomic E-state index is 9.10. The minimum atomic E-state index is -0.446. The van der Waals surface area contributed by atoms with Gasteiger partial charge in [-0.25, -0.2) is 0 Å². The molecule has 0 amide bonds. The van der Waals surface area contributed by atoms with Crippen LogP contribution in [0.3, 0.4) is 0 Å². The van der Waals surface area contributed by atoms with Gasteiger partial charge in [0.05, 0.1) is 20.3 Å². The molecule has 1 rings (SSSR count). The van der Waals surface area contributed by atoms with Gasteiger partial charge in [0.2, 0.25) is 0 Å².